The molecule has 7 heteroatoms. The van der Waals surface area contributed by atoms with Gasteiger partial charge in [0, 0.05) is 23.0 Å². The molecule has 0 fully saturated rings. The Morgan fingerprint density at radius 2 is 1.96 bits per heavy atom. The largest absolute Gasteiger partial charge is 0.481 e. The first-order chi connectivity index (χ1) is 12.0. The number of carboxylic acid groups (broad SMARTS) is 1. The summed E-state index contributed by atoms with van der Waals surface area (Å²) in [5.74, 6) is -1.17. The second kappa shape index (κ2) is 6.94. The summed E-state index contributed by atoms with van der Waals surface area (Å²) >= 11 is 5.99. The summed E-state index contributed by atoms with van der Waals surface area (Å²) in [5.41, 5.74) is 3.02. The minimum atomic E-state index is -0.895. The van der Waals surface area contributed by atoms with Crippen molar-refractivity contribution >= 4 is 34.8 Å². The highest BCUT2D eigenvalue weighted by atomic mass is 35.5. The van der Waals surface area contributed by atoms with Crippen molar-refractivity contribution in [2.24, 2.45) is 0 Å². The summed E-state index contributed by atoms with van der Waals surface area (Å²) < 4.78 is 1.71. The number of aromatic nitrogens is 2. The van der Waals surface area contributed by atoms with Gasteiger partial charge in [-0.2, -0.15) is 0 Å². The fraction of sp³-hybridized carbons (Fsp3) is 0.167. The number of halogens is 1. The fourth-order valence-corrected chi connectivity index (χ4v) is 2.78. The molecule has 2 aromatic heterocycles. The predicted molar refractivity (Wildman–Crippen MR) is 95.3 cm³/mol. The van der Waals surface area contributed by atoms with Gasteiger partial charge in [0.25, 0.3) is 5.91 Å². The molecule has 0 unspecified atom stereocenters. The lowest BCUT2D eigenvalue weighted by atomic mass is 10.1. The van der Waals surface area contributed by atoms with Crippen LogP contribution in [0.4, 0.5) is 5.69 Å². The summed E-state index contributed by atoms with van der Waals surface area (Å²) in [6.45, 7) is 1.93. The highest BCUT2D eigenvalue weighted by Crippen LogP contribution is 2.19. The smallest absolute Gasteiger partial charge is 0.307 e. The molecule has 0 aliphatic heterocycles. The van der Waals surface area contributed by atoms with Crippen LogP contribution in [-0.2, 0) is 17.6 Å². The third kappa shape index (κ3) is 3.64. The van der Waals surface area contributed by atoms with Gasteiger partial charge in [0.2, 0.25) is 0 Å². The van der Waals surface area contributed by atoms with Gasteiger partial charge in [-0.05, 0) is 30.2 Å². The molecule has 0 aliphatic carbocycles. The summed E-state index contributed by atoms with van der Waals surface area (Å²) in [5, 5.41) is 12.2. The van der Waals surface area contributed by atoms with Gasteiger partial charge in [-0.15, -0.1) is 0 Å². The number of hydrogen-bond donors (Lipinski definition) is 2. The van der Waals surface area contributed by atoms with E-state index in [0.717, 1.165) is 0 Å². The fourth-order valence-electron chi connectivity index (χ4n) is 2.63. The van der Waals surface area contributed by atoms with E-state index in [-0.39, 0.29) is 12.3 Å². The number of amides is 1. The van der Waals surface area contributed by atoms with Gasteiger partial charge in [0.1, 0.15) is 11.3 Å². The number of carboxylic acids is 1. The minimum Gasteiger partial charge on any atom is -0.481 e. The first-order valence-electron chi connectivity index (χ1n) is 7.76. The van der Waals surface area contributed by atoms with Crippen molar-refractivity contribution < 1.29 is 14.7 Å². The zero-order valence-corrected chi connectivity index (χ0v) is 14.2. The molecule has 0 saturated heterocycles. The number of carbonyl (C=O) groups is 2. The number of aliphatic carboxylic acids is 1. The van der Waals surface area contributed by atoms with Crippen molar-refractivity contribution in [2.75, 3.05) is 5.32 Å². The standard InChI is InChI=1S/C18H16ClN3O3/c1-2-14-17(22-8-7-12(19)10-15(22)21-14)18(25)20-13-5-3-11(4-6-13)9-16(23)24/h3-8,10H,2,9H2,1H3,(H,20,25)(H,23,24). The van der Waals surface area contributed by atoms with Crippen LogP contribution in [-0.4, -0.2) is 26.4 Å². The summed E-state index contributed by atoms with van der Waals surface area (Å²) in [7, 11) is 0. The van der Waals surface area contributed by atoms with Gasteiger partial charge in [-0.3, -0.25) is 14.0 Å². The maximum atomic E-state index is 12.7. The maximum Gasteiger partial charge on any atom is 0.307 e. The van der Waals surface area contributed by atoms with Crippen molar-refractivity contribution in [3.63, 3.8) is 0 Å². The zero-order chi connectivity index (χ0) is 18.0. The third-order valence-corrected chi connectivity index (χ3v) is 4.01. The number of aryl methyl sites for hydroxylation is 1. The Morgan fingerprint density at radius 1 is 1.24 bits per heavy atom. The van der Waals surface area contributed by atoms with Crippen LogP contribution in [0.5, 0.6) is 0 Å². The molecule has 1 aromatic carbocycles. The molecule has 128 valence electrons. The van der Waals surface area contributed by atoms with E-state index in [9.17, 15) is 9.59 Å². The SMILES string of the molecule is CCc1nc2cc(Cl)ccn2c1C(=O)Nc1ccc(CC(=O)O)cc1. The molecule has 3 rings (SSSR count). The van der Waals surface area contributed by atoms with Crippen LogP contribution in [0.25, 0.3) is 5.65 Å². The van der Waals surface area contributed by atoms with E-state index in [1.165, 1.54) is 0 Å². The molecule has 2 heterocycles. The van der Waals surface area contributed by atoms with Gasteiger partial charge in [0.05, 0.1) is 12.1 Å². The lowest BCUT2D eigenvalue weighted by molar-refractivity contribution is -0.136. The molecule has 0 spiro atoms. The number of rotatable bonds is 5. The molecule has 0 bridgehead atoms. The lowest BCUT2D eigenvalue weighted by Gasteiger charge is -2.07. The van der Waals surface area contributed by atoms with Crippen LogP contribution < -0.4 is 5.32 Å². The number of benzene rings is 1. The minimum absolute atomic E-state index is 0.0533. The topological polar surface area (TPSA) is 83.7 Å². The second-order valence-electron chi connectivity index (χ2n) is 5.56. The van der Waals surface area contributed by atoms with Crippen LogP contribution in [0.1, 0.15) is 28.7 Å². The summed E-state index contributed by atoms with van der Waals surface area (Å²) in [4.78, 5) is 27.9. The van der Waals surface area contributed by atoms with E-state index in [1.54, 1.807) is 47.0 Å². The molecular weight excluding hydrogens is 342 g/mol. The quantitative estimate of drug-likeness (QED) is 0.732. The number of hydrogen-bond acceptors (Lipinski definition) is 3. The number of carbonyl (C=O) groups excluding carboxylic acids is 1. The number of anilines is 1. The highest BCUT2D eigenvalue weighted by Gasteiger charge is 2.18. The monoisotopic (exact) mass is 357 g/mol. The molecule has 0 radical (unpaired) electrons. The Labute approximate surface area is 149 Å². The van der Waals surface area contributed by atoms with E-state index in [1.807, 2.05) is 6.92 Å². The van der Waals surface area contributed by atoms with Crippen LogP contribution in [0.2, 0.25) is 5.02 Å². The van der Waals surface area contributed by atoms with Crippen molar-refractivity contribution in [3.05, 3.63) is 64.6 Å². The van der Waals surface area contributed by atoms with Crippen molar-refractivity contribution in [1.29, 1.82) is 0 Å². The second-order valence-corrected chi connectivity index (χ2v) is 5.99. The van der Waals surface area contributed by atoms with E-state index >= 15 is 0 Å². The Hall–Kier alpha value is -2.86. The average Bonchev–Trinajstić information content (AvgIpc) is 2.93. The van der Waals surface area contributed by atoms with E-state index in [0.29, 0.717) is 39.7 Å². The first kappa shape index (κ1) is 17.0. The third-order valence-electron chi connectivity index (χ3n) is 3.78. The molecule has 2 N–H and O–H groups in total. The molecule has 6 nitrogen and oxygen atoms in total. The molecule has 3 aromatic rings. The Morgan fingerprint density at radius 3 is 2.60 bits per heavy atom. The number of imidazole rings is 1. The Kier molecular flexibility index (Phi) is 4.72. The Balaban J connectivity index is 1.88. The van der Waals surface area contributed by atoms with Gasteiger partial charge in [-0.25, -0.2) is 4.98 Å². The molecule has 0 atom stereocenters. The Bertz CT molecular complexity index is 948. The number of nitrogens with one attached hydrogen (secondary N) is 1. The zero-order valence-electron chi connectivity index (χ0n) is 13.5. The van der Waals surface area contributed by atoms with Gasteiger partial charge in [0.15, 0.2) is 0 Å². The predicted octanol–water partition coefficient (Wildman–Crippen LogP) is 3.43. The van der Waals surface area contributed by atoms with Crippen molar-refractivity contribution in [3.8, 4) is 0 Å². The van der Waals surface area contributed by atoms with Crippen LogP contribution in [0, 0.1) is 0 Å². The molecule has 1 amide bonds. The van der Waals surface area contributed by atoms with E-state index in [4.69, 9.17) is 16.7 Å². The van der Waals surface area contributed by atoms with Crippen LogP contribution in [0.15, 0.2) is 42.6 Å². The number of pyridine rings is 1. The molecule has 0 saturated carbocycles. The van der Waals surface area contributed by atoms with Gasteiger partial charge >= 0.3 is 5.97 Å². The molecule has 0 aliphatic rings. The van der Waals surface area contributed by atoms with Crippen LogP contribution in [0.3, 0.4) is 0 Å². The van der Waals surface area contributed by atoms with Crippen LogP contribution >= 0.6 is 11.6 Å². The van der Waals surface area contributed by atoms with Crippen molar-refractivity contribution in [1.82, 2.24) is 9.38 Å². The summed E-state index contributed by atoms with van der Waals surface area (Å²) in [6, 6.07) is 10.1. The van der Waals surface area contributed by atoms with Gasteiger partial charge in [-0.1, -0.05) is 30.7 Å². The first-order valence-corrected chi connectivity index (χ1v) is 8.14. The van der Waals surface area contributed by atoms with E-state index in [2.05, 4.69) is 10.3 Å². The molecular formula is C18H16ClN3O3. The number of fused-ring (bicyclic) bond motifs is 1. The molecule has 25 heavy (non-hydrogen) atoms. The average molecular weight is 358 g/mol. The normalized spacial score (nSPS) is 10.8. The maximum absolute atomic E-state index is 12.7. The van der Waals surface area contributed by atoms with E-state index < -0.39 is 5.97 Å². The summed E-state index contributed by atoms with van der Waals surface area (Å²) in [6.07, 6.45) is 2.27. The highest BCUT2D eigenvalue weighted by molar-refractivity contribution is 6.30. The number of nitrogens with zero attached hydrogens (tertiary/aromatic N) is 2. The lowest BCUT2D eigenvalue weighted by Crippen LogP contribution is -2.16. The van der Waals surface area contributed by atoms with Crippen molar-refractivity contribution in [2.45, 2.75) is 19.8 Å². The van der Waals surface area contributed by atoms with Gasteiger partial charge < -0.3 is 10.4 Å².